The second-order valence-corrected chi connectivity index (χ2v) is 4.66. The van der Waals surface area contributed by atoms with Crippen molar-refractivity contribution in [1.29, 1.82) is 0 Å². The monoisotopic (exact) mass is 258 g/mol. The van der Waals surface area contributed by atoms with Gasteiger partial charge in [0, 0.05) is 0 Å². The maximum Gasteiger partial charge on any atom is 0.279 e. The summed E-state index contributed by atoms with van der Waals surface area (Å²) in [7, 11) is 0. The van der Waals surface area contributed by atoms with Crippen LogP contribution in [0.3, 0.4) is 0 Å². The van der Waals surface area contributed by atoms with E-state index >= 15 is 0 Å². The second kappa shape index (κ2) is 3.71. The number of aryl methyl sites for hydroxylation is 2. The fraction of sp³-hybridized carbons (Fsp3) is 0.167. The Morgan fingerprint density at radius 3 is 2.33 bits per heavy atom. The van der Waals surface area contributed by atoms with E-state index in [1.54, 1.807) is 0 Å². The summed E-state index contributed by atoms with van der Waals surface area (Å²) in [5.74, 6) is 0. The molecule has 0 radical (unpaired) electrons. The number of nitrogens with one attached hydrogen (secondary N) is 2. The van der Waals surface area contributed by atoms with Gasteiger partial charge in [0.1, 0.15) is 0 Å². The first-order valence-electron chi connectivity index (χ1n) is 5.46. The Labute approximate surface area is 107 Å². The Morgan fingerprint density at radius 2 is 1.67 bits per heavy atom. The lowest BCUT2D eigenvalue weighted by Gasteiger charge is -2.04. The molecule has 6 heteroatoms. The van der Waals surface area contributed by atoms with Gasteiger partial charge in [-0.3, -0.25) is 9.78 Å². The maximum atomic E-state index is 11.8. The highest BCUT2D eigenvalue weighted by molar-refractivity contribution is 7.71. The normalized spacial score (nSPS) is 11.2. The quantitative estimate of drug-likeness (QED) is 0.478. The van der Waals surface area contributed by atoms with E-state index in [9.17, 15) is 4.79 Å². The minimum atomic E-state index is -0.318. The van der Waals surface area contributed by atoms with Gasteiger partial charge in [-0.15, -0.1) is 0 Å². The number of H-pyrrole nitrogens is 2. The number of nitrogens with zero attached hydrogens (tertiary/aromatic N) is 2. The van der Waals surface area contributed by atoms with E-state index in [0.717, 1.165) is 16.6 Å². The fourth-order valence-corrected chi connectivity index (χ4v) is 2.05. The van der Waals surface area contributed by atoms with Crippen molar-refractivity contribution in [3.05, 3.63) is 38.4 Å². The Hall–Kier alpha value is -2.08. The summed E-state index contributed by atoms with van der Waals surface area (Å²) in [4.78, 5) is 25.8. The lowest BCUT2D eigenvalue weighted by Crippen LogP contribution is -2.10. The number of benzene rings is 1. The highest BCUT2D eigenvalue weighted by Crippen LogP contribution is 2.17. The molecule has 1 aromatic carbocycles. The molecule has 0 fully saturated rings. The molecule has 0 atom stereocenters. The van der Waals surface area contributed by atoms with Crippen molar-refractivity contribution in [3.63, 3.8) is 0 Å². The molecule has 0 aliphatic carbocycles. The largest absolute Gasteiger partial charge is 0.315 e. The van der Waals surface area contributed by atoms with E-state index in [0.29, 0.717) is 11.2 Å². The lowest BCUT2D eigenvalue weighted by molar-refractivity contribution is 1.10. The Bertz CT molecular complexity index is 894. The van der Waals surface area contributed by atoms with Gasteiger partial charge >= 0.3 is 0 Å². The molecule has 3 aromatic rings. The average Bonchev–Trinajstić information content (AvgIpc) is 2.29. The number of hydrogen-bond donors (Lipinski definition) is 2. The van der Waals surface area contributed by atoms with Crippen LogP contribution in [0.25, 0.3) is 22.2 Å². The molecule has 2 aromatic heterocycles. The van der Waals surface area contributed by atoms with Gasteiger partial charge in [-0.1, -0.05) is 0 Å². The first-order valence-corrected chi connectivity index (χ1v) is 5.87. The molecule has 0 spiro atoms. The number of fused-ring (bicyclic) bond motifs is 2. The maximum absolute atomic E-state index is 11.8. The van der Waals surface area contributed by atoms with Crippen LogP contribution in [0, 0.1) is 18.6 Å². The summed E-state index contributed by atoms with van der Waals surface area (Å²) >= 11 is 4.92. The summed E-state index contributed by atoms with van der Waals surface area (Å²) in [6.45, 7) is 4.02. The molecule has 0 aliphatic rings. The summed E-state index contributed by atoms with van der Waals surface area (Å²) in [6, 6.07) is 3.88. The molecule has 18 heavy (non-hydrogen) atoms. The van der Waals surface area contributed by atoms with E-state index in [4.69, 9.17) is 12.2 Å². The zero-order chi connectivity index (χ0) is 12.9. The van der Waals surface area contributed by atoms with E-state index in [1.165, 1.54) is 0 Å². The molecule has 90 valence electrons. The van der Waals surface area contributed by atoms with Crippen molar-refractivity contribution < 1.29 is 0 Å². The van der Waals surface area contributed by atoms with Crippen molar-refractivity contribution in [1.82, 2.24) is 19.9 Å². The van der Waals surface area contributed by atoms with Gasteiger partial charge in [0.05, 0.1) is 11.0 Å². The molecule has 0 saturated carbocycles. The second-order valence-electron chi connectivity index (χ2n) is 4.25. The number of aromatic amines is 2. The van der Waals surface area contributed by atoms with Gasteiger partial charge in [-0.25, -0.2) is 9.97 Å². The lowest BCUT2D eigenvalue weighted by atomic mass is 10.1. The third kappa shape index (κ3) is 1.62. The summed E-state index contributed by atoms with van der Waals surface area (Å²) < 4.78 is 0.255. The Kier molecular flexibility index (Phi) is 2.27. The molecular weight excluding hydrogens is 248 g/mol. The molecule has 3 rings (SSSR count). The first-order chi connectivity index (χ1) is 8.54. The van der Waals surface area contributed by atoms with Crippen molar-refractivity contribution in [2.75, 3.05) is 0 Å². The number of hydrogen-bond acceptors (Lipinski definition) is 4. The standard InChI is InChI=1S/C12H10N4OS/c1-5-3-7-8(4-6(5)2)14-10-9(13-7)11(17)16-12(18)15-10/h3-4H,1-2H3,(H2,14,15,16,17,18). The van der Waals surface area contributed by atoms with Crippen molar-refractivity contribution in [2.24, 2.45) is 0 Å². The zero-order valence-electron chi connectivity index (χ0n) is 9.87. The molecular formula is C12H10N4OS. The van der Waals surface area contributed by atoms with Crippen LogP contribution in [0.15, 0.2) is 16.9 Å². The fourth-order valence-electron chi connectivity index (χ4n) is 1.86. The highest BCUT2D eigenvalue weighted by Gasteiger charge is 2.07. The molecule has 2 N–H and O–H groups in total. The average molecular weight is 258 g/mol. The van der Waals surface area contributed by atoms with Gasteiger partial charge in [-0.2, -0.15) is 0 Å². The minimum Gasteiger partial charge on any atom is -0.315 e. The zero-order valence-corrected chi connectivity index (χ0v) is 10.7. The summed E-state index contributed by atoms with van der Waals surface area (Å²) in [6.07, 6.45) is 0. The highest BCUT2D eigenvalue weighted by atomic mass is 32.1. The van der Waals surface area contributed by atoms with Crippen LogP contribution < -0.4 is 5.56 Å². The van der Waals surface area contributed by atoms with Gasteiger partial charge in [0.25, 0.3) is 5.56 Å². The number of rotatable bonds is 0. The van der Waals surface area contributed by atoms with Crippen molar-refractivity contribution >= 4 is 34.4 Å². The molecule has 0 bridgehead atoms. The molecule has 0 aliphatic heterocycles. The molecule has 0 saturated heterocycles. The van der Waals surface area contributed by atoms with Crippen LogP contribution >= 0.6 is 12.2 Å². The molecule has 0 unspecified atom stereocenters. The smallest absolute Gasteiger partial charge is 0.279 e. The summed E-state index contributed by atoms with van der Waals surface area (Å²) in [5, 5.41) is 0. The third-order valence-electron chi connectivity index (χ3n) is 2.95. The molecule has 0 amide bonds. The van der Waals surface area contributed by atoms with E-state index in [1.807, 2.05) is 26.0 Å². The predicted octanol–water partition coefficient (Wildman–Crippen LogP) is 2.15. The van der Waals surface area contributed by atoms with Gasteiger partial charge < -0.3 is 4.98 Å². The molecule has 2 heterocycles. The van der Waals surface area contributed by atoms with Crippen LogP contribution in [-0.2, 0) is 0 Å². The SMILES string of the molecule is Cc1cc2nc3[nH]c(=S)[nH]c(=O)c3nc2cc1C. The van der Waals surface area contributed by atoms with E-state index < -0.39 is 0 Å². The first kappa shape index (κ1) is 11.0. The van der Waals surface area contributed by atoms with E-state index in [2.05, 4.69) is 19.9 Å². The van der Waals surface area contributed by atoms with Crippen LogP contribution in [0.2, 0.25) is 0 Å². The topological polar surface area (TPSA) is 74.4 Å². The third-order valence-corrected chi connectivity index (χ3v) is 3.16. The summed E-state index contributed by atoms with van der Waals surface area (Å²) in [5.41, 5.74) is 4.10. The van der Waals surface area contributed by atoms with Crippen molar-refractivity contribution in [3.8, 4) is 0 Å². The Morgan fingerprint density at radius 1 is 1.06 bits per heavy atom. The van der Waals surface area contributed by atoms with Crippen LogP contribution in [0.4, 0.5) is 0 Å². The minimum absolute atomic E-state index is 0.255. The van der Waals surface area contributed by atoms with Gasteiger partial charge in [0.2, 0.25) is 0 Å². The Balaban J connectivity index is 2.55. The van der Waals surface area contributed by atoms with Gasteiger partial charge in [0.15, 0.2) is 15.9 Å². The van der Waals surface area contributed by atoms with Crippen LogP contribution in [0.1, 0.15) is 11.1 Å². The molecule has 5 nitrogen and oxygen atoms in total. The number of aromatic nitrogens is 4. The van der Waals surface area contributed by atoms with Crippen LogP contribution in [-0.4, -0.2) is 19.9 Å². The van der Waals surface area contributed by atoms with Gasteiger partial charge in [-0.05, 0) is 49.3 Å². The van der Waals surface area contributed by atoms with Crippen molar-refractivity contribution in [2.45, 2.75) is 13.8 Å². The predicted molar refractivity (Wildman–Crippen MR) is 72.3 cm³/mol. The van der Waals surface area contributed by atoms with E-state index in [-0.39, 0.29) is 15.8 Å². The van der Waals surface area contributed by atoms with Crippen LogP contribution in [0.5, 0.6) is 0 Å².